The highest BCUT2D eigenvalue weighted by molar-refractivity contribution is 5.37. The predicted octanol–water partition coefficient (Wildman–Crippen LogP) is 3.96. The number of halogens is 2. The van der Waals surface area contributed by atoms with Gasteiger partial charge < -0.3 is 5.32 Å². The number of hydrogen-bond donors (Lipinski definition) is 1. The van der Waals surface area contributed by atoms with Crippen molar-refractivity contribution in [3.05, 3.63) is 70.3 Å². The highest BCUT2D eigenvalue weighted by Gasteiger charge is 2.16. The van der Waals surface area contributed by atoms with Gasteiger partial charge in [0.05, 0.1) is 0 Å². The molecule has 0 saturated heterocycles. The van der Waals surface area contributed by atoms with Gasteiger partial charge >= 0.3 is 0 Å². The van der Waals surface area contributed by atoms with Gasteiger partial charge in [-0.25, -0.2) is 8.78 Å². The quantitative estimate of drug-likeness (QED) is 0.897. The van der Waals surface area contributed by atoms with Crippen LogP contribution >= 0.6 is 0 Å². The second kappa shape index (κ2) is 5.94. The van der Waals surface area contributed by atoms with E-state index in [-0.39, 0.29) is 6.04 Å². The molecule has 1 nitrogen and oxygen atoms in total. The summed E-state index contributed by atoms with van der Waals surface area (Å²) in [6, 6.07) is 10.8. The van der Waals surface area contributed by atoms with E-state index in [4.69, 9.17) is 0 Å². The first-order chi connectivity index (χ1) is 10.2. The van der Waals surface area contributed by atoms with Crippen LogP contribution in [0.1, 0.15) is 34.7 Å². The lowest BCUT2D eigenvalue weighted by molar-refractivity contribution is 0.504. The molecule has 1 unspecified atom stereocenters. The number of rotatable bonds is 4. The monoisotopic (exact) mass is 287 g/mol. The third-order valence-corrected chi connectivity index (χ3v) is 4.30. The molecule has 1 atom stereocenters. The van der Waals surface area contributed by atoms with Crippen molar-refractivity contribution < 1.29 is 8.78 Å². The van der Waals surface area contributed by atoms with E-state index in [0.29, 0.717) is 6.42 Å². The maximum atomic E-state index is 13.3. The smallest absolute Gasteiger partial charge is 0.159 e. The zero-order valence-electron chi connectivity index (χ0n) is 12.1. The molecule has 21 heavy (non-hydrogen) atoms. The molecular weight excluding hydrogens is 268 g/mol. The summed E-state index contributed by atoms with van der Waals surface area (Å²) in [5.74, 6) is -1.58. The summed E-state index contributed by atoms with van der Waals surface area (Å²) >= 11 is 0. The first kappa shape index (κ1) is 14.2. The fourth-order valence-electron chi connectivity index (χ4n) is 3.10. The van der Waals surface area contributed by atoms with Gasteiger partial charge in [-0.3, -0.25) is 0 Å². The molecule has 1 aliphatic carbocycles. The van der Waals surface area contributed by atoms with Gasteiger partial charge in [-0.1, -0.05) is 24.3 Å². The second-order valence-corrected chi connectivity index (χ2v) is 5.68. The van der Waals surface area contributed by atoms with E-state index in [0.717, 1.165) is 12.0 Å². The highest BCUT2D eigenvalue weighted by atomic mass is 19.2. The maximum absolute atomic E-state index is 13.3. The Hall–Kier alpha value is -1.74. The van der Waals surface area contributed by atoms with Crippen LogP contribution in [0.15, 0.2) is 36.4 Å². The number of nitrogens with one attached hydrogen (secondary N) is 1. The van der Waals surface area contributed by atoms with E-state index >= 15 is 0 Å². The van der Waals surface area contributed by atoms with Crippen LogP contribution in [0.3, 0.4) is 0 Å². The largest absolute Gasteiger partial charge is 0.313 e. The first-order valence-corrected chi connectivity index (χ1v) is 7.40. The fourth-order valence-corrected chi connectivity index (χ4v) is 3.10. The summed E-state index contributed by atoms with van der Waals surface area (Å²) in [7, 11) is 1.90. The summed E-state index contributed by atoms with van der Waals surface area (Å²) in [5, 5.41) is 3.28. The van der Waals surface area contributed by atoms with Gasteiger partial charge in [-0.15, -0.1) is 0 Å². The van der Waals surface area contributed by atoms with Crippen molar-refractivity contribution in [1.82, 2.24) is 5.32 Å². The Morgan fingerprint density at radius 3 is 2.57 bits per heavy atom. The molecule has 3 heteroatoms. The van der Waals surface area contributed by atoms with E-state index in [9.17, 15) is 8.78 Å². The molecule has 0 saturated carbocycles. The van der Waals surface area contributed by atoms with Crippen LogP contribution in [-0.4, -0.2) is 7.05 Å². The topological polar surface area (TPSA) is 12.0 Å². The number of aryl methyl sites for hydroxylation is 2. The Kier molecular flexibility index (Phi) is 4.02. The zero-order chi connectivity index (χ0) is 14.8. The number of hydrogen-bond acceptors (Lipinski definition) is 1. The molecule has 0 amide bonds. The Balaban J connectivity index is 1.83. The maximum Gasteiger partial charge on any atom is 0.159 e. The molecule has 1 N–H and O–H groups in total. The molecule has 1 aliphatic rings. The van der Waals surface area contributed by atoms with Gasteiger partial charge in [0.25, 0.3) is 0 Å². The van der Waals surface area contributed by atoms with E-state index in [1.54, 1.807) is 6.07 Å². The van der Waals surface area contributed by atoms with Gasteiger partial charge in [-0.2, -0.15) is 0 Å². The molecule has 0 bridgehead atoms. The van der Waals surface area contributed by atoms with Crippen LogP contribution < -0.4 is 5.32 Å². The molecular formula is C18H19F2N. The second-order valence-electron chi connectivity index (χ2n) is 5.68. The lowest BCUT2D eigenvalue weighted by atomic mass is 9.96. The molecule has 2 aromatic rings. The van der Waals surface area contributed by atoms with E-state index < -0.39 is 11.6 Å². The molecule has 2 aromatic carbocycles. The van der Waals surface area contributed by atoms with Crippen LogP contribution in [0, 0.1) is 11.6 Å². The van der Waals surface area contributed by atoms with Gasteiger partial charge in [0.1, 0.15) is 0 Å². The SMILES string of the molecule is CNC(Cc1ccc(F)c(F)c1)c1ccc2c(c1)CCC2. The Bertz CT molecular complexity index is 652. The van der Waals surface area contributed by atoms with E-state index in [1.165, 1.54) is 41.7 Å². The normalized spacial score (nSPS) is 15.0. The number of likely N-dealkylation sites (N-methyl/N-ethyl adjacent to an activating group) is 1. The summed E-state index contributed by atoms with van der Waals surface area (Å²) in [6.45, 7) is 0. The Labute approximate surface area is 124 Å². The minimum Gasteiger partial charge on any atom is -0.313 e. The zero-order valence-corrected chi connectivity index (χ0v) is 12.1. The summed E-state index contributed by atoms with van der Waals surface area (Å²) in [4.78, 5) is 0. The van der Waals surface area contributed by atoms with Crippen molar-refractivity contribution >= 4 is 0 Å². The molecule has 3 rings (SSSR count). The summed E-state index contributed by atoms with van der Waals surface area (Å²) in [5.41, 5.74) is 4.89. The van der Waals surface area contributed by atoms with Crippen LogP contribution in [0.5, 0.6) is 0 Å². The van der Waals surface area contributed by atoms with Gasteiger partial charge in [0, 0.05) is 6.04 Å². The molecule has 110 valence electrons. The first-order valence-electron chi connectivity index (χ1n) is 7.40. The average molecular weight is 287 g/mol. The van der Waals surface area contributed by atoms with Crippen LogP contribution in [0.25, 0.3) is 0 Å². The van der Waals surface area contributed by atoms with Gasteiger partial charge in [-0.05, 0) is 67.1 Å². The minimum atomic E-state index is -0.794. The molecule has 0 spiro atoms. The van der Waals surface area contributed by atoms with E-state index in [2.05, 4.69) is 23.5 Å². The van der Waals surface area contributed by atoms with Crippen molar-refractivity contribution in [2.45, 2.75) is 31.7 Å². The van der Waals surface area contributed by atoms with Crippen LogP contribution in [0.2, 0.25) is 0 Å². The summed E-state index contributed by atoms with van der Waals surface area (Å²) < 4.78 is 26.3. The van der Waals surface area contributed by atoms with Gasteiger partial charge in [0.15, 0.2) is 11.6 Å². The molecule has 0 radical (unpaired) electrons. The highest BCUT2D eigenvalue weighted by Crippen LogP contribution is 2.27. The van der Waals surface area contributed by atoms with Crippen LogP contribution in [-0.2, 0) is 19.3 Å². The van der Waals surface area contributed by atoms with Crippen molar-refractivity contribution in [3.8, 4) is 0 Å². The lowest BCUT2D eigenvalue weighted by Crippen LogP contribution is -2.19. The Morgan fingerprint density at radius 1 is 1.00 bits per heavy atom. The molecule has 0 heterocycles. The fraction of sp³-hybridized carbons (Fsp3) is 0.333. The molecule has 0 aromatic heterocycles. The third-order valence-electron chi connectivity index (χ3n) is 4.30. The Morgan fingerprint density at radius 2 is 1.81 bits per heavy atom. The third kappa shape index (κ3) is 2.98. The van der Waals surface area contributed by atoms with Crippen LogP contribution in [0.4, 0.5) is 8.78 Å². The molecule has 0 fully saturated rings. The lowest BCUT2D eigenvalue weighted by Gasteiger charge is -2.18. The van der Waals surface area contributed by atoms with Crippen molar-refractivity contribution in [2.24, 2.45) is 0 Å². The predicted molar refractivity (Wildman–Crippen MR) is 80.3 cm³/mol. The number of benzene rings is 2. The van der Waals surface area contributed by atoms with Crippen molar-refractivity contribution in [1.29, 1.82) is 0 Å². The minimum absolute atomic E-state index is 0.112. The standard InChI is InChI=1S/C18H19F2N/c1-21-18(10-12-5-8-16(19)17(20)9-12)15-7-6-13-3-2-4-14(13)11-15/h5-9,11,18,21H,2-4,10H2,1H3. The van der Waals surface area contributed by atoms with E-state index in [1.807, 2.05) is 7.05 Å². The molecule has 0 aliphatic heterocycles. The number of fused-ring (bicyclic) bond motifs is 1. The summed E-state index contributed by atoms with van der Waals surface area (Å²) in [6.07, 6.45) is 4.19. The average Bonchev–Trinajstić information content (AvgIpc) is 2.95. The van der Waals surface area contributed by atoms with Crippen molar-refractivity contribution in [2.75, 3.05) is 7.05 Å². The van der Waals surface area contributed by atoms with Gasteiger partial charge in [0.2, 0.25) is 0 Å². The van der Waals surface area contributed by atoms with Crippen molar-refractivity contribution in [3.63, 3.8) is 0 Å².